The van der Waals surface area contributed by atoms with Gasteiger partial charge in [-0.15, -0.1) is 0 Å². The topological polar surface area (TPSA) is 0 Å². The third-order valence-corrected chi connectivity index (χ3v) is 11.6. The van der Waals surface area contributed by atoms with E-state index in [1.54, 1.807) is 64.2 Å². The van der Waals surface area contributed by atoms with Gasteiger partial charge in [-0.2, -0.15) is 0 Å². The molecule has 4 bridgehead atoms. The van der Waals surface area contributed by atoms with Crippen molar-refractivity contribution >= 4 is 0 Å². The quantitative estimate of drug-likeness (QED) is 0.475. The molecule has 0 amide bonds. The molecule has 7 saturated carbocycles. The van der Waals surface area contributed by atoms with Gasteiger partial charge in [0.05, 0.1) is 0 Å². The molecule has 7 aliphatic rings. The van der Waals surface area contributed by atoms with Gasteiger partial charge in [-0.05, 0) is 110 Å². The van der Waals surface area contributed by atoms with E-state index in [2.05, 4.69) is 27.7 Å². The Kier molecular flexibility index (Phi) is 4.34. The lowest BCUT2D eigenvalue weighted by Gasteiger charge is -2.69. The molecule has 5 atom stereocenters. The molecule has 0 spiro atoms. The summed E-state index contributed by atoms with van der Waals surface area (Å²) in [7, 11) is 0. The van der Waals surface area contributed by atoms with E-state index in [9.17, 15) is 0 Å². The Morgan fingerprint density at radius 2 is 1.31 bits per heavy atom. The van der Waals surface area contributed by atoms with E-state index >= 15 is 0 Å². The number of fused-ring (bicyclic) bond motifs is 6. The fourth-order valence-corrected chi connectivity index (χ4v) is 10.0. The van der Waals surface area contributed by atoms with Gasteiger partial charge >= 0.3 is 0 Å². The van der Waals surface area contributed by atoms with E-state index in [4.69, 9.17) is 0 Å². The van der Waals surface area contributed by atoms with Crippen molar-refractivity contribution in [3.8, 4) is 0 Å². The SMILES string of the molecule is CC1C2CCC(CC2)C1C1(C2CC3CCC2CC3)CCCC(C)C1(C)C. The molecule has 148 valence electrons. The second-order valence-corrected chi connectivity index (χ2v) is 12.2. The van der Waals surface area contributed by atoms with Crippen LogP contribution in [-0.2, 0) is 0 Å². The number of hydrogen-bond donors (Lipinski definition) is 0. The molecule has 0 radical (unpaired) electrons. The van der Waals surface area contributed by atoms with Crippen LogP contribution in [0.4, 0.5) is 0 Å². The molecule has 0 heterocycles. The molecule has 7 fully saturated rings. The Morgan fingerprint density at radius 1 is 0.692 bits per heavy atom. The number of rotatable bonds is 2. The van der Waals surface area contributed by atoms with Gasteiger partial charge in [-0.3, -0.25) is 0 Å². The molecular weight excluding hydrogens is 312 g/mol. The standard InChI is InChI=1S/C26H44/c1-17-6-5-15-26(25(17,3)4,23-16-19-7-9-21(23)10-8-19)24-18(2)20-11-13-22(24)14-12-20/h17-24H,5-16H2,1-4H3. The largest absolute Gasteiger partial charge is 0.0620 e. The van der Waals surface area contributed by atoms with E-state index in [-0.39, 0.29) is 0 Å². The van der Waals surface area contributed by atoms with Crippen LogP contribution in [0.5, 0.6) is 0 Å². The minimum absolute atomic E-state index is 0.545. The molecule has 0 aromatic heterocycles. The minimum Gasteiger partial charge on any atom is -0.0620 e. The summed E-state index contributed by atoms with van der Waals surface area (Å²) >= 11 is 0. The molecule has 0 aliphatic heterocycles. The van der Waals surface area contributed by atoms with E-state index < -0.39 is 0 Å². The maximum absolute atomic E-state index is 2.74. The van der Waals surface area contributed by atoms with Crippen LogP contribution in [0.25, 0.3) is 0 Å². The van der Waals surface area contributed by atoms with E-state index in [1.165, 1.54) is 12.8 Å². The molecule has 0 saturated heterocycles. The van der Waals surface area contributed by atoms with Crippen molar-refractivity contribution in [3.05, 3.63) is 0 Å². The smallest absolute Gasteiger partial charge is 0.0179 e. The van der Waals surface area contributed by atoms with Crippen molar-refractivity contribution in [1.82, 2.24) is 0 Å². The summed E-state index contributed by atoms with van der Waals surface area (Å²) in [5.74, 6) is 8.35. The Bertz CT molecular complexity index is 514. The first-order chi connectivity index (χ1) is 12.4. The Balaban J connectivity index is 1.61. The van der Waals surface area contributed by atoms with Crippen molar-refractivity contribution in [2.75, 3.05) is 0 Å². The van der Waals surface area contributed by atoms with Gasteiger partial charge in [-0.1, -0.05) is 53.4 Å². The predicted octanol–water partition coefficient (Wildman–Crippen LogP) is 7.72. The van der Waals surface area contributed by atoms with E-state index in [1.807, 2.05) is 0 Å². The normalized spacial score (nSPS) is 55.8. The van der Waals surface area contributed by atoms with Crippen LogP contribution >= 0.6 is 0 Å². The average molecular weight is 357 g/mol. The van der Waals surface area contributed by atoms with Crippen LogP contribution < -0.4 is 0 Å². The summed E-state index contributed by atoms with van der Waals surface area (Å²) in [6.07, 6.45) is 18.8. The van der Waals surface area contributed by atoms with Crippen LogP contribution in [0, 0.1) is 58.2 Å². The van der Waals surface area contributed by atoms with Gasteiger partial charge in [0.2, 0.25) is 0 Å². The Morgan fingerprint density at radius 3 is 1.88 bits per heavy atom. The van der Waals surface area contributed by atoms with Crippen molar-refractivity contribution in [3.63, 3.8) is 0 Å². The third-order valence-electron chi connectivity index (χ3n) is 11.6. The average Bonchev–Trinajstić information content (AvgIpc) is 2.66. The molecule has 7 rings (SSSR count). The lowest BCUT2D eigenvalue weighted by molar-refractivity contribution is -0.207. The predicted molar refractivity (Wildman–Crippen MR) is 111 cm³/mol. The first-order valence-electron chi connectivity index (χ1n) is 12.4. The van der Waals surface area contributed by atoms with Crippen molar-refractivity contribution in [1.29, 1.82) is 0 Å². The van der Waals surface area contributed by atoms with Crippen LogP contribution in [0.2, 0.25) is 0 Å². The first kappa shape index (κ1) is 18.1. The molecule has 0 nitrogen and oxygen atoms in total. The van der Waals surface area contributed by atoms with E-state index in [0.717, 1.165) is 47.3 Å². The highest BCUT2D eigenvalue weighted by Crippen LogP contribution is 2.71. The summed E-state index contributed by atoms with van der Waals surface area (Å²) in [6.45, 7) is 10.8. The van der Waals surface area contributed by atoms with Crippen molar-refractivity contribution in [2.45, 2.75) is 105 Å². The van der Waals surface area contributed by atoms with Gasteiger partial charge in [-0.25, -0.2) is 0 Å². The Labute approximate surface area is 163 Å². The summed E-state index contributed by atoms with van der Waals surface area (Å²) in [6, 6.07) is 0. The highest BCUT2D eigenvalue weighted by molar-refractivity contribution is 5.13. The second-order valence-electron chi connectivity index (χ2n) is 12.2. The summed E-state index contributed by atoms with van der Waals surface area (Å²) in [4.78, 5) is 0. The summed E-state index contributed by atoms with van der Waals surface area (Å²) in [5.41, 5.74) is 1.21. The molecular formula is C26H44. The summed E-state index contributed by atoms with van der Waals surface area (Å²) < 4.78 is 0. The zero-order valence-corrected chi connectivity index (χ0v) is 18.1. The molecule has 26 heavy (non-hydrogen) atoms. The van der Waals surface area contributed by atoms with Crippen LogP contribution in [-0.4, -0.2) is 0 Å². The molecule has 0 heteroatoms. The lowest BCUT2D eigenvalue weighted by Crippen LogP contribution is -2.62. The Hall–Kier alpha value is 0. The van der Waals surface area contributed by atoms with Gasteiger partial charge in [0.25, 0.3) is 0 Å². The maximum Gasteiger partial charge on any atom is -0.0179 e. The van der Waals surface area contributed by atoms with Crippen LogP contribution in [0.3, 0.4) is 0 Å². The monoisotopic (exact) mass is 356 g/mol. The molecule has 0 aromatic carbocycles. The first-order valence-corrected chi connectivity index (χ1v) is 12.4. The fourth-order valence-electron chi connectivity index (χ4n) is 10.0. The maximum atomic E-state index is 2.74. The van der Waals surface area contributed by atoms with E-state index in [0.29, 0.717) is 10.8 Å². The number of hydrogen-bond acceptors (Lipinski definition) is 0. The van der Waals surface area contributed by atoms with Crippen LogP contribution in [0.15, 0.2) is 0 Å². The zero-order valence-electron chi connectivity index (χ0n) is 18.1. The summed E-state index contributed by atoms with van der Waals surface area (Å²) in [5, 5.41) is 0. The van der Waals surface area contributed by atoms with Gasteiger partial charge in [0.15, 0.2) is 0 Å². The van der Waals surface area contributed by atoms with Gasteiger partial charge < -0.3 is 0 Å². The highest BCUT2D eigenvalue weighted by Gasteiger charge is 2.64. The van der Waals surface area contributed by atoms with Crippen molar-refractivity contribution < 1.29 is 0 Å². The second kappa shape index (κ2) is 6.25. The molecule has 7 aliphatic carbocycles. The van der Waals surface area contributed by atoms with Crippen LogP contribution in [0.1, 0.15) is 105 Å². The minimum atomic E-state index is 0.545. The third kappa shape index (κ3) is 2.32. The molecule has 0 aromatic rings. The molecule has 5 unspecified atom stereocenters. The van der Waals surface area contributed by atoms with Gasteiger partial charge in [0.1, 0.15) is 0 Å². The van der Waals surface area contributed by atoms with Crippen molar-refractivity contribution in [2.24, 2.45) is 58.2 Å². The lowest BCUT2D eigenvalue weighted by atomic mass is 9.35. The molecule has 0 N–H and O–H groups in total. The highest BCUT2D eigenvalue weighted by atomic mass is 14.7. The zero-order chi connectivity index (χ0) is 18.1. The van der Waals surface area contributed by atoms with Gasteiger partial charge in [0, 0.05) is 0 Å². The fraction of sp³-hybridized carbons (Fsp3) is 1.00.